The summed E-state index contributed by atoms with van der Waals surface area (Å²) < 4.78 is 0. The van der Waals surface area contributed by atoms with Crippen LogP contribution < -0.4 is 0 Å². The molecule has 0 nitrogen and oxygen atoms in total. The molecule has 1 unspecified atom stereocenters. The second-order valence-corrected chi connectivity index (χ2v) is 5.16. The summed E-state index contributed by atoms with van der Waals surface area (Å²) in [6, 6.07) is 10.6. The van der Waals surface area contributed by atoms with E-state index in [4.69, 9.17) is 11.6 Å². The Morgan fingerprint density at radius 2 is 1.73 bits per heavy atom. The Balaban J connectivity index is 1.88. The first-order valence-electron chi connectivity index (χ1n) is 6.04. The second kappa shape index (κ2) is 5.55. The third-order valence-corrected chi connectivity index (χ3v) is 3.95. The third kappa shape index (κ3) is 3.24. The zero-order valence-electron chi connectivity index (χ0n) is 9.16. The predicted octanol–water partition coefficient (Wildman–Crippen LogP) is 4.42. The number of rotatable bonds is 3. The van der Waals surface area contributed by atoms with Crippen LogP contribution in [0.5, 0.6) is 0 Å². The Hall–Kier alpha value is -0.490. The molecule has 0 bridgehead atoms. The SMILES string of the molecule is ClC(Cc1ccccc1)C1CCCCC1. The molecule has 2 rings (SSSR count). The minimum Gasteiger partial charge on any atom is -0.122 e. The molecule has 0 aliphatic heterocycles. The van der Waals surface area contributed by atoms with E-state index in [-0.39, 0.29) is 0 Å². The molecule has 1 aromatic rings. The van der Waals surface area contributed by atoms with Crippen LogP contribution in [0.2, 0.25) is 0 Å². The molecule has 1 aromatic carbocycles. The molecular formula is C14H19Cl. The van der Waals surface area contributed by atoms with Gasteiger partial charge in [0, 0.05) is 5.38 Å². The summed E-state index contributed by atoms with van der Waals surface area (Å²) in [5, 5.41) is 0.340. The van der Waals surface area contributed by atoms with Gasteiger partial charge in [0.05, 0.1) is 0 Å². The summed E-state index contributed by atoms with van der Waals surface area (Å²) in [5.41, 5.74) is 1.38. The van der Waals surface area contributed by atoms with Crippen molar-refractivity contribution in [1.82, 2.24) is 0 Å². The van der Waals surface area contributed by atoms with E-state index in [1.54, 1.807) is 0 Å². The molecule has 0 spiro atoms. The molecule has 0 amide bonds. The summed E-state index contributed by atoms with van der Waals surface area (Å²) in [6.07, 6.45) is 7.87. The zero-order valence-corrected chi connectivity index (χ0v) is 9.92. The molecule has 1 aliphatic carbocycles. The monoisotopic (exact) mass is 222 g/mol. The lowest BCUT2D eigenvalue weighted by Gasteiger charge is -2.26. The van der Waals surface area contributed by atoms with Gasteiger partial charge in [0.2, 0.25) is 0 Å². The number of halogens is 1. The van der Waals surface area contributed by atoms with Gasteiger partial charge in [-0.25, -0.2) is 0 Å². The Labute approximate surface area is 97.6 Å². The van der Waals surface area contributed by atoms with Gasteiger partial charge in [-0.05, 0) is 30.7 Å². The van der Waals surface area contributed by atoms with E-state index in [1.165, 1.54) is 37.7 Å². The first-order valence-corrected chi connectivity index (χ1v) is 6.48. The Kier molecular flexibility index (Phi) is 4.08. The van der Waals surface area contributed by atoms with Crippen molar-refractivity contribution in [1.29, 1.82) is 0 Å². The second-order valence-electron chi connectivity index (χ2n) is 4.60. The minimum absolute atomic E-state index is 0.340. The Morgan fingerprint density at radius 1 is 1.07 bits per heavy atom. The molecule has 1 aliphatic rings. The molecule has 15 heavy (non-hydrogen) atoms. The van der Waals surface area contributed by atoms with Gasteiger partial charge in [-0.2, -0.15) is 0 Å². The van der Waals surface area contributed by atoms with E-state index in [9.17, 15) is 0 Å². The Bertz CT molecular complexity index is 275. The quantitative estimate of drug-likeness (QED) is 0.665. The summed E-state index contributed by atoms with van der Waals surface area (Å²) in [7, 11) is 0. The average molecular weight is 223 g/mol. The Morgan fingerprint density at radius 3 is 2.40 bits per heavy atom. The van der Waals surface area contributed by atoms with Crippen molar-refractivity contribution < 1.29 is 0 Å². The van der Waals surface area contributed by atoms with Gasteiger partial charge in [0.1, 0.15) is 0 Å². The normalized spacial score (nSPS) is 20.1. The topological polar surface area (TPSA) is 0 Å². The number of benzene rings is 1. The molecule has 82 valence electrons. The lowest BCUT2D eigenvalue weighted by molar-refractivity contribution is 0.344. The smallest absolute Gasteiger partial charge is 0.0404 e. The van der Waals surface area contributed by atoms with Crippen LogP contribution in [-0.4, -0.2) is 5.38 Å². The van der Waals surface area contributed by atoms with Crippen LogP contribution in [-0.2, 0) is 6.42 Å². The molecule has 1 atom stereocenters. The fraction of sp³-hybridized carbons (Fsp3) is 0.571. The molecule has 0 saturated heterocycles. The van der Waals surface area contributed by atoms with Crippen molar-refractivity contribution in [2.75, 3.05) is 0 Å². The standard InChI is InChI=1S/C14H19Cl/c15-14(13-9-5-2-6-10-13)11-12-7-3-1-4-8-12/h1,3-4,7-8,13-14H,2,5-6,9-11H2. The first kappa shape index (κ1) is 11.0. The van der Waals surface area contributed by atoms with Gasteiger partial charge in [0.25, 0.3) is 0 Å². The molecule has 1 saturated carbocycles. The van der Waals surface area contributed by atoms with Crippen molar-refractivity contribution in [2.45, 2.75) is 43.9 Å². The fourth-order valence-electron chi connectivity index (χ4n) is 2.50. The first-order chi connectivity index (χ1) is 7.36. The van der Waals surface area contributed by atoms with Crippen molar-refractivity contribution in [3.05, 3.63) is 35.9 Å². The van der Waals surface area contributed by atoms with Gasteiger partial charge in [0.15, 0.2) is 0 Å². The highest BCUT2D eigenvalue weighted by molar-refractivity contribution is 6.20. The molecule has 0 heterocycles. The van der Waals surface area contributed by atoms with Crippen LogP contribution in [0.1, 0.15) is 37.7 Å². The van der Waals surface area contributed by atoms with Crippen LogP contribution in [0.3, 0.4) is 0 Å². The summed E-state index contributed by atoms with van der Waals surface area (Å²) in [4.78, 5) is 0. The summed E-state index contributed by atoms with van der Waals surface area (Å²) in [5.74, 6) is 0.751. The van der Waals surface area contributed by atoms with E-state index in [2.05, 4.69) is 30.3 Å². The van der Waals surface area contributed by atoms with E-state index < -0.39 is 0 Å². The van der Waals surface area contributed by atoms with Crippen molar-refractivity contribution in [3.63, 3.8) is 0 Å². The lowest BCUT2D eigenvalue weighted by Crippen LogP contribution is -2.20. The molecule has 0 aromatic heterocycles. The number of hydrogen-bond acceptors (Lipinski definition) is 0. The lowest BCUT2D eigenvalue weighted by atomic mass is 9.85. The fourth-order valence-corrected chi connectivity index (χ4v) is 2.93. The maximum absolute atomic E-state index is 6.49. The summed E-state index contributed by atoms with van der Waals surface area (Å²) >= 11 is 6.49. The molecule has 1 fully saturated rings. The van der Waals surface area contributed by atoms with E-state index >= 15 is 0 Å². The van der Waals surface area contributed by atoms with Crippen LogP contribution in [0.4, 0.5) is 0 Å². The molecule has 1 heteroatoms. The highest BCUT2D eigenvalue weighted by Crippen LogP contribution is 2.30. The van der Waals surface area contributed by atoms with Gasteiger partial charge in [-0.3, -0.25) is 0 Å². The van der Waals surface area contributed by atoms with E-state index in [0.717, 1.165) is 12.3 Å². The molecule has 0 radical (unpaired) electrons. The van der Waals surface area contributed by atoms with Crippen LogP contribution >= 0.6 is 11.6 Å². The zero-order chi connectivity index (χ0) is 10.5. The van der Waals surface area contributed by atoms with Gasteiger partial charge in [-0.1, -0.05) is 49.6 Å². The van der Waals surface area contributed by atoms with Gasteiger partial charge >= 0.3 is 0 Å². The number of hydrogen-bond donors (Lipinski definition) is 0. The summed E-state index contributed by atoms with van der Waals surface area (Å²) in [6.45, 7) is 0. The van der Waals surface area contributed by atoms with Crippen LogP contribution in [0.25, 0.3) is 0 Å². The van der Waals surface area contributed by atoms with Crippen molar-refractivity contribution in [2.24, 2.45) is 5.92 Å². The molecule has 0 N–H and O–H groups in total. The maximum Gasteiger partial charge on any atom is 0.0404 e. The average Bonchev–Trinajstić information content (AvgIpc) is 2.31. The maximum atomic E-state index is 6.49. The van der Waals surface area contributed by atoms with E-state index in [1.807, 2.05) is 0 Å². The minimum atomic E-state index is 0.340. The van der Waals surface area contributed by atoms with Crippen LogP contribution in [0.15, 0.2) is 30.3 Å². The van der Waals surface area contributed by atoms with E-state index in [0.29, 0.717) is 5.38 Å². The van der Waals surface area contributed by atoms with Gasteiger partial charge in [-0.15, -0.1) is 11.6 Å². The highest BCUT2D eigenvalue weighted by Gasteiger charge is 2.21. The van der Waals surface area contributed by atoms with Crippen LogP contribution in [0, 0.1) is 5.92 Å². The largest absolute Gasteiger partial charge is 0.122 e. The van der Waals surface area contributed by atoms with Gasteiger partial charge < -0.3 is 0 Å². The highest BCUT2D eigenvalue weighted by atomic mass is 35.5. The third-order valence-electron chi connectivity index (χ3n) is 3.43. The van der Waals surface area contributed by atoms with Crippen molar-refractivity contribution in [3.8, 4) is 0 Å². The number of alkyl halides is 1. The van der Waals surface area contributed by atoms with Crippen molar-refractivity contribution >= 4 is 11.6 Å². The predicted molar refractivity (Wildman–Crippen MR) is 66.4 cm³/mol. The molecular weight excluding hydrogens is 204 g/mol.